The Labute approximate surface area is 78.8 Å². The summed E-state index contributed by atoms with van der Waals surface area (Å²) in [5.41, 5.74) is 2.36. The zero-order valence-electron chi connectivity index (χ0n) is 8.18. The van der Waals surface area contributed by atoms with E-state index < -0.39 is 0 Å². The fraction of sp³-hybridized carbons (Fsp3) is 0.455. The van der Waals surface area contributed by atoms with Crippen molar-refractivity contribution < 1.29 is 0 Å². The van der Waals surface area contributed by atoms with E-state index in [4.69, 9.17) is 10.5 Å². The van der Waals surface area contributed by atoms with E-state index in [-0.39, 0.29) is 11.0 Å². The van der Waals surface area contributed by atoms with E-state index in [0.717, 1.165) is 12.0 Å². The zero-order chi connectivity index (χ0) is 10.1. The largest absolute Gasteiger partial charge is 0.192 e. The molecule has 0 radical (unpaired) electrons. The van der Waals surface area contributed by atoms with Crippen LogP contribution in [0.15, 0.2) is 22.8 Å². The van der Waals surface area contributed by atoms with E-state index in [1.54, 1.807) is 0 Å². The lowest BCUT2D eigenvalue weighted by atomic mass is 9.80. The van der Waals surface area contributed by atoms with Gasteiger partial charge in [-0.25, -0.2) is 0 Å². The molecule has 0 bridgehead atoms. The van der Waals surface area contributed by atoms with Gasteiger partial charge in [-0.2, -0.15) is 10.5 Å². The highest BCUT2D eigenvalue weighted by atomic mass is 14.4. The SMILES string of the molecule is CC1=CCC(=C(C#N)C#N)C1(C)C. The molecule has 0 aromatic heterocycles. The van der Waals surface area contributed by atoms with Gasteiger partial charge < -0.3 is 0 Å². The molecule has 0 atom stereocenters. The lowest BCUT2D eigenvalue weighted by molar-refractivity contribution is 0.552. The molecule has 2 heteroatoms. The van der Waals surface area contributed by atoms with Crippen LogP contribution in [-0.2, 0) is 0 Å². The van der Waals surface area contributed by atoms with E-state index in [1.807, 2.05) is 19.1 Å². The van der Waals surface area contributed by atoms with E-state index in [9.17, 15) is 0 Å². The lowest BCUT2D eigenvalue weighted by Gasteiger charge is -2.22. The van der Waals surface area contributed by atoms with Crippen LogP contribution >= 0.6 is 0 Å². The first-order valence-corrected chi connectivity index (χ1v) is 4.25. The fourth-order valence-corrected chi connectivity index (χ4v) is 1.58. The van der Waals surface area contributed by atoms with Crippen LogP contribution in [0.2, 0.25) is 0 Å². The Kier molecular flexibility index (Phi) is 2.26. The predicted octanol–water partition coefficient (Wildman–Crippen LogP) is 2.71. The molecule has 0 heterocycles. The maximum absolute atomic E-state index is 8.75. The minimum Gasteiger partial charge on any atom is -0.192 e. The van der Waals surface area contributed by atoms with Crippen LogP contribution in [0, 0.1) is 28.1 Å². The fourth-order valence-electron chi connectivity index (χ4n) is 1.58. The maximum Gasteiger partial charge on any atom is 0.130 e. The highest BCUT2D eigenvalue weighted by molar-refractivity contribution is 5.49. The molecule has 2 nitrogen and oxygen atoms in total. The number of nitrogens with zero attached hydrogens (tertiary/aromatic N) is 2. The number of allylic oxidation sites excluding steroid dienone is 4. The highest BCUT2D eigenvalue weighted by Gasteiger charge is 2.31. The van der Waals surface area contributed by atoms with Crippen LogP contribution < -0.4 is 0 Å². The Bertz CT molecular complexity index is 354. The van der Waals surface area contributed by atoms with Crippen molar-refractivity contribution >= 4 is 0 Å². The molecule has 1 aliphatic carbocycles. The van der Waals surface area contributed by atoms with E-state index in [2.05, 4.69) is 19.9 Å². The minimum absolute atomic E-state index is 0.110. The summed E-state index contributed by atoms with van der Waals surface area (Å²) >= 11 is 0. The number of nitriles is 2. The summed E-state index contributed by atoms with van der Waals surface area (Å²) in [6, 6.07) is 3.91. The number of hydrogen-bond donors (Lipinski definition) is 0. The first-order chi connectivity index (χ1) is 6.04. The van der Waals surface area contributed by atoms with Crippen molar-refractivity contribution in [2.75, 3.05) is 0 Å². The zero-order valence-corrected chi connectivity index (χ0v) is 8.18. The van der Waals surface area contributed by atoms with Gasteiger partial charge in [-0.05, 0) is 18.9 Å². The molecule has 0 aromatic rings. The van der Waals surface area contributed by atoms with Crippen molar-refractivity contribution in [1.82, 2.24) is 0 Å². The van der Waals surface area contributed by atoms with Gasteiger partial charge in [-0.1, -0.05) is 25.5 Å². The summed E-state index contributed by atoms with van der Waals surface area (Å²) in [5.74, 6) is 0. The Balaban J connectivity index is 3.24. The molecule has 0 unspecified atom stereocenters. The molecule has 0 saturated carbocycles. The van der Waals surface area contributed by atoms with Gasteiger partial charge in [0.05, 0.1) is 0 Å². The normalized spacial score (nSPS) is 18.8. The third-order valence-corrected chi connectivity index (χ3v) is 2.88. The molecule has 0 aliphatic heterocycles. The minimum atomic E-state index is -0.110. The van der Waals surface area contributed by atoms with Gasteiger partial charge in [-0.3, -0.25) is 0 Å². The van der Waals surface area contributed by atoms with Crippen LogP contribution in [0.5, 0.6) is 0 Å². The third-order valence-electron chi connectivity index (χ3n) is 2.88. The summed E-state index contributed by atoms with van der Waals surface area (Å²) in [5, 5.41) is 17.5. The predicted molar refractivity (Wildman–Crippen MR) is 50.4 cm³/mol. The van der Waals surface area contributed by atoms with Crippen LogP contribution in [0.25, 0.3) is 0 Å². The first kappa shape index (κ1) is 9.55. The molecule has 66 valence electrons. The number of rotatable bonds is 0. The van der Waals surface area contributed by atoms with Crippen molar-refractivity contribution in [3.8, 4) is 12.1 Å². The highest BCUT2D eigenvalue weighted by Crippen LogP contribution is 2.43. The van der Waals surface area contributed by atoms with Crippen LogP contribution in [0.3, 0.4) is 0 Å². The molecule has 1 rings (SSSR count). The molecule has 0 aromatic carbocycles. The van der Waals surface area contributed by atoms with Gasteiger partial charge in [-0.15, -0.1) is 0 Å². The summed E-state index contributed by atoms with van der Waals surface area (Å²) < 4.78 is 0. The second kappa shape index (κ2) is 3.07. The Morgan fingerprint density at radius 3 is 2.23 bits per heavy atom. The second-order valence-electron chi connectivity index (χ2n) is 3.79. The standard InChI is InChI=1S/C11H12N2/c1-8-4-5-10(11(8,2)3)9(6-12)7-13/h4H,5H2,1-3H3. The molecule has 0 N–H and O–H groups in total. The van der Waals surface area contributed by atoms with E-state index in [1.165, 1.54) is 5.57 Å². The van der Waals surface area contributed by atoms with Crippen LogP contribution in [0.1, 0.15) is 27.2 Å². The Hall–Kier alpha value is -1.54. The molecule has 0 spiro atoms. The van der Waals surface area contributed by atoms with Crippen molar-refractivity contribution in [3.63, 3.8) is 0 Å². The van der Waals surface area contributed by atoms with Gasteiger partial charge in [0.25, 0.3) is 0 Å². The first-order valence-electron chi connectivity index (χ1n) is 4.25. The smallest absolute Gasteiger partial charge is 0.130 e. The van der Waals surface area contributed by atoms with E-state index >= 15 is 0 Å². The van der Waals surface area contributed by atoms with Gasteiger partial charge in [0.2, 0.25) is 0 Å². The Morgan fingerprint density at radius 1 is 1.38 bits per heavy atom. The average molecular weight is 172 g/mol. The summed E-state index contributed by atoms with van der Waals surface area (Å²) in [6.07, 6.45) is 2.83. The second-order valence-corrected chi connectivity index (χ2v) is 3.79. The van der Waals surface area contributed by atoms with Crippen molar-refractivity contribution in [2.24, 2.45) is 5.41 Å². The number of hydrogen-bond acceptors (Lipinski definition) is 2. The third kappa shape index (κ3) is 1.36. The van der Waals surface area contributed by atoms with Crippen molar-refractivity contribution in [1.29, 1.82) is 10.5 Å². The molecule has 13 heavy (non-hydrogen) atoms. The van der Waals surface area contributed by atoms with Gasteiger partial charge in [0.15, 0.2) is 0 Å². The Morgan fingerprint density at radius 2 is 1.92 bits per heavy atom. The molecule has 0 saturated heterocycles. The topological polar surface area (TPSA) is 47.6 Å². The van der Waals surface area contributed by atoms with Gasteiger partial charge in [0, 0.05) is 5.41 Å². The summed E-state index contributed by atoms with van der Waals surface area (Å²) in [4.78, 5) is 0. The van der Waals surface area contributed by atoms with Crippen molar-refractivity contribution in [2.45, 2.75) is 27.2 Å². The van der Waals surface area contributed by atoms with Crippen LogP contribution in [-0.4, -0.2) is 0 Å². The molecular weight excluding hydrogens is 160 g/mol. The van der Waals surface area contributed by atoms with Crippen molar-refractivity contribution in [3.05, 3.63) is 22.8 Å². The van der Waals surface area contributed by atoms with Crippen LogP contribution in [0.4, 0.5) is 0 Å². The van der Waals surface area contributed by atoms with Gasteiger partial charge in [0.1, 0.15) is 17.7 Å². The molecular formula is C11H12N2. The molecule has 1 aliphatic rings. The average Bonchev–Trinajstić information content (AvgIpc) is 2.34. The molecule has 0 fully saturated rings. The summed E-state index contributed by atoms with van der Waals surface area (Å²) in [6.45, 7) is 6.14. The lowest BCUT2D eigenvalue weighted by Crippen LogP contribution is -2.12. The van der Waals surface area contributed by atoms with Gasteiger partial charge >= 0.3 is 0 Å². The van der Waals surface area contributed by atoms with E-state index in [0.29, 0.717) is 0 Å². The maximum atomic E-state index is 8.75. The summed E-state index contributed by atoms with van der Waals surface area (Å²) in [7, 11) is 0. The monoisotopic (exact) mass is 172 g/mol. The quantitative estimate of drug-likeness (QED) is 0.416. The molecule has 0 amide bonds.